The standard InChI is InChI=1S/C15H18FNO2/c1-11-6-7-17(9-11)10-13-4-2-12(8-14(13)16)3-5-15(18)19/h2-5,8,11H,6-7,9-10H2,1H3,(H,18,19). The summed E-state index contributed by atoms with van der Waals surface area (Å²) in [5.41, 5.74) is 1.24. The lowest BCUT2D eigenvalue weighted by Gasteiger charge is -2.15. The number of halogens is 1. The Morgan fingerprint density at radius 2 is 2.37 bits per heavy atom. The molecule has 0 aromatic heterocycles. The minimum atomic E-state index is -1.03. The van der Waals surface area contributed by atoms with Crippen molar-refractivity contribution in [3.63, 3.8) is 0 Å². The van der Waals surface area contributed by atoms with Gasteiger partial charge in [-0.25, -0.2) is 9.18 Å². The quantitative estimate of drug-likeness (QED) is 0.849. The molecular formula is C15H18FNO2. The lowest BCUT2D eigenvalue weighted by atomic mass is 10.1. The van der Waals surface area contributed by atoms with Crippen molar-refractivity contribution in [2.24, 2.45) is 5.92 Å². The van der Waals surface area contributed by atoms with E-state index in [-0.39, 0.29) is 5.82 Å². The fourth-order valence-electron chi connectivity index (χ4n) is 2.37. The molecule has 1 heterocycles. The van der Waals surface area contributed by atoms with Crippen LogP contribution in [-0.4, -0.2) is 29.1 Å². The number of hydrogen-bond donors (Lipinski definition) is 1. The summed E-state index contributed by atoms with van der Waals surface area (Å²) < 4.78 is 13.9. The molecule has 0 bridgehead atoms. The van der Waals surface area contributed by atoms with Crippen molar-refractivity contribution < 1.29 is 14.3 Å². The molecule has 1 aliphatic rings. The average molecular weight is 263 g/mol. The Morgan fingerprint density at radius 3 is 2.95 bits per heavy atom. The summed E-state index contributed by atoms with van der Waals surface area (Å²) >= 11 is 0. The molecule has 1 aromatic carbocycles. The van der Waals surface area contributed by atoms with Gasteiger partial charge in [0.05, 0.1) is 0 Å². The molecule has 1 atom stereocenters. The van der Waals surface area contributed by atoms with E-state index in [1.54, 1.807) is 12.1 Å². The average Bonchev–Trinajstić information content (AvgIpc) is 2.75. The van der Waals surface area contributed by atoms with Crippen molar-refractivity contribution in [3.8, 4) is 0 Å². The number of carboxylic acids is 1. The maximum atomic E-state index is 13.9. The maximum Gasteiger partial charge on any atom is 0.328 e. The van der Waals surface area contributed by atoms with Crippen LogP contribution in [0.15, 0.2) is 24.3 Å². The molecule has 1 N–H and O–H groups in total. The van der Waals surface area contributed by atoms with Gasteiger partial charge in [0.15, 0.2) is 0 Å². The first-order valence-electron chi connectivity index (χ1n) is 6.46. The van der Waals surface area contributed by atoms with Gasteiger partial charge in [0.2, 0.25) is 0 Å². The monoisotopic (exact) mass is 263 g/mol. The number of rotatable bonds is 4. The molecule has 1 fully saturated rings. The first-order chi connectivity index (χ1) is 9.04. The van der Waals surface area contributed by atoms with Crippen LogP contribution in [0.25, 0.3) is 6.08 Å². The van der Waals surface area contributed by atoms with Crippen LogP contribution < -0.4 is 0 Å². The Hall–Kier alpha value is -1.68. The highest BCUT2D eigenvalue weighted by Gasteiger charge is 2.19. The van der Waals surface area contributed by atoms with Gasteiger partial charge in [0, 0.05) is 24.7 Å². The fraction of sp³-hybridized carbons (Fsp3) is 0.400. The molecule has 0 saturated carbocycles. The largest absolute Gasteiger partial charge is 0.478 e. The molecule has 102 valence electrons. The molecule has 1 aromatic rings. The van der Waals surface area contributed by atoms with E-state index < -0.39 is 5.97 Å². The zero-order valence-corrected chi connectivity index (χ0v) is 11.0. The van der Waals surface area contributed by atoms with E-state index >= 15 is 0 Å². The van der Waals surface area contributed by atoms with E-state index in [1.807, 2.05) is 0 Å². The third-order valence-corrected chi connectivity index (χ3v) is 3.40. The van der Waals surface area contributed by atoms with E-state index in [4.69, 9.17) is 5.11 Å². The predicted molar refractivity (Wildman–Crippen MR) is 72.1 cm³/mol. The van der Waals surface area contributed by atoms with Gasteiger partial charge in [-0.15, -0.1) is 0 Å². The van der Waals surface area contributed by atoms with Crippen molar-refractivity contribution in [3.05, 3.63) is 41.2 Å². The number of hydrogen-bond acceptors (Lipinski definition) is 2. The van der Waals surface area contributed by atoms with Crippen molar-refractivity contribution in [1.29, 1.82) is 0 Å². The van der Waals surface area contributed by atoms with Gasteiger partial charge in [0.1, 0.15) is 5.82 Å². The molecule has 0 radical (unpaired) electrons. The maximum absolute atomic E-state index is 13.9. The van der Waals surface area contributed by atoms with Crippen LogP contribution in [-0.2, 0) is 11.3 Å². The summed E-state index contributed by atoms with van der Waals surface area (Å²) in [5, 5.41) is 8.53. The second kappa shape index (κ2) is 5.97. The molecule has 1 aliphatic heterocycles. The second-order valence-corrected chi connectivity index (χ2v) is 5.15. The number of nitrogens with zero attached hydrogens (tertiary/aromatic N) is 1. The Kier molecular flexibility index (Phi) is 4.32. The van der Waals surface area contributed by atoms with Crippen LogP contribution in [0.3, 0.4) is 0 Å². The van der Waals surface area contributed by atoms with Gasteiger partial charge in [-0.3, -0.25) is 4.90 Å². The summed E-state index contributed by atoms with van der Waals surface area (Å²) in [6, 6.07) is 4.87. The Bertz CT molecular complexity index is 499. The lowest BCUT2D eigenvalue weighted by molar-refractivity contribution is -0.131. The zero-order valence-electron chi connectivity index (χ0n) is 11.0. The SMILES string of the molecule is CC1CCN(Cc2ccc(C=CC(=O)O)cc2F)C1. The number of benzene rings is 1. The first kappa shape index (κ1) is 13.7. The van der Waals surface area contributed by atoms with E-state index in [0.717, 1.165) is 19.2 Å². The first-order valence-corrected chi connectivity index (χ1v) is 6.46. The van der Waals surface area contributed by atoms with Crippen LogP contribution in [0.4, 0.5) is 4.39 Å². The smallest absolute Gasteiger partial charge is 0.328 e. The number of carboxylic acid groups (broad SMARTS) is 1. The molecule has 0 amide bonds. The predicted octanol–water partition coefficient (Wildman–Crippen LogP) is 2.77. The van der Waals surface area contributed by atoms with Gasteiger partial charge >= 0.3 is 5.97 Å². The third-order valence-electron chi connectivity index (χ3n) is 3.40. The summed E-state index contributed by atoms with van der Waals surface area (Å²) in [7, 11) is 0. The number of likely N-dealkylation sites (tertiary alicyclic amines) is 1. The van der Waals surface area contributed by atoms with Crippen LogP contribution in [0.1, 0.15) is 24.5 Å². The van der Waals surface area contributed by atoms with Gasteiger partial charge < -0.3 is 5.11 Å². The number of carbonyl (C=O) groups is 1. The van der Waals surface area contributed by atoms with Crippen LogP contribution in [0.5, 0.6) is 0 Å². The highest BCUT2D eigenvalue weighted by molar-refractivity contribution is 5.85. The van der Waals surface area contributed by atoms with Crippen LogP contribution >= 0.6 is 0 Å². The van der Waals surface area contributed by atoms with Gasteiger partial charge in [0.25, 0.3) is 0 Å². The van der Waals surface area contributed by atoms with Crippen molar-refractivity contribution in [2.75, 3.05) is 13.1 Å². The fourth-order valence-corrected chi connectivity index (χ4v) is 2.37. The summed E-state index contributed by atoms with van der Waals surface area (Å²) in [6.07, 6.45) is 3.57. The van der Waals surface area contributed by atoms with Crippen molar-refractivity contribution >= 4 is 12.0 Å². The minimum Gasteiger partial charge on any atom is -0.478 e. The summed E-state index contributed by atoms with van der Waals surface area (Å²) in [6.45, 7) is 4.86. The lowest BCUT2D eigenvalue weighted by Crippen LogP contribution is -2.20. The van der Waals surface area contributed by atoms with Crippen molar-refractivity contribution in [1.82, 2.24) is 4.90 Å². The topological polar surface area (TPSA) is 40.5 Å². The molecular weight excluding hydrogens is 245 g/mol. The van der Waals surface area contributed by atoms with E-state index in [9.17, 15) is 9.18 Å². The number of aliphatic carboxylic acids is 1. The zero-order chi connectivity index (χ0) is 13.8. The summed E-state index contributed by atoms with van der Waals surface area (Å²) in [4.78, 5) is 12.6. The highest BCUT2D eigenvalue weighted by atomic mass is 19.1. The highest BCUT2D eigenvalue weighted by Crippen LogP contribution is 2.20. The van der Waals surface area contributed by atoms with E-state index in [1.165, 1.54) is 18.6 Å². The third kappa shape index (κ3) is 3.89. The van der Waals surface area contributed by atoms with E-state index in [0.29, 0.717) is 23.6 Å². The summed E-state index contributed by atoms with van der Waals surface area (Å²) in [5.74, 6) is -0.622. The molecule has 1 unspecified atom stereocenters. The molecule has 0 spiro atoms. The van der Waals surface area contributed by atoms with Crippen LogP contribution in [0.2, 0.25) is 0 Å². The van der Waals surface area contributed by atoms with E-state index in [2.05, 4.69) is 11.8 Å². The van der Waals surface area contributed by atoms with Gasteiger partial charge in [-0.05, 0) is 36.6 Å². The Labute approximate surface area is 112 Å². The molecule has 19 heavy (non-hydrogen) atoms. The molecule has 0 aliphatic carbocycles. The Morgan fingerprint density at radius 1 is 1.58 bits per heavy atom. The minimum absolute atomic E-state index is 0.271. The van der Waals surface area contributed by atoms with Crippen LogP contribution in [0, 0.1) is 11.7 Å². The van der Waals surface area contributed by atoms with Gasteiger partial charge in [-0.1, -0.05) is 19.1 Å². The van der Waals surface area contributed by atoms with Gasteiger partial charge in [-0.2, -0.15) is 0 Å². The molecule has 1 saturated heterocycles. The Balaban J connectivity index is 2.04. The van der Waals surface area contributed by atoms with Crippen molar-refractivity contribution in [2.45, 2.75) is 19.9 Å². The normalized spacial score (nSPS) is 20.2. The molecule has 3 nitrogen and oxygen atoms in total. The molecule has 2 rings (SSSR count). The molecule has 4 heteroatoms. The second-order valence-electron chi connectivity index (χ2n) is 5.15.